The Labute approximate surface area is 145 Å². The standard InChI is InChI=1S/C19H17N3OS/c1-14-3-4-15(5-8-19(2,23)18-21-11-12-24-18)13-17(14)22-16-6-9-20-10-7-16/h3-4,6-7,9-13,23H,1-2H3,(H,20,22). The molecule has 3 rings (SSSR count). The smallest absolute Gasteiger partial charge is 0.174 e. The first-order chi connectivity index (χ1) is 11.5. The first-order valence-electron chi connectivity index (χ1n) is 7.48. The fraction of sp³-hybridized carbons (Fsp3) is 0.158. The molecule has 0 saturated carbocycles. The van der Waals surface area contributed by atoms with Gasteiger partial charge in [-0.15, -0.1) is 11.3 Å². The summed E-state index contributed by atoms with van der Waals surface area (Å²) in [6.07, 6.45) is 5.15. The van der Waals surface area contributed by atoms with Crippen LogP contribution in [0.2, 0.25) is 0 Å². The number of hydrogen-bond acceptors (Lipinski definition) is 5. The molecule has 120 valence electrons. The minimum atomic E-state index is -1.25. The number of aliphatic hydroxyl groups is 1. The fourth-order valence-electron chi connectivity index (χ4n) is 2.14. The molecule has 2 heterocycles. The molecule has 1 aromatic carbocycles. The second-order valence-electron chi connectivity index (χ2n) is 5.55. The molecule has 2 aromatic heterocycles. The minimum absolute atomic E-state index is 0.595. The summed E-state index contributed by atoms with van der Waals surface area (Å²) < 4.78 is 0. The fourth-order valence-corrected chi connectivity index (χ4v) is 2.79. The largest absolute Gasteiger partial charge is 0.371 e. The van der Waals surface area contributed by atoms with Gasteiger partial charge in [-0.25, -0.2) is 4.98 Å². The first-order valence-corrected chi connectivity index (χ1v) is 8.36. The quantitative estimate of drug-likeness (QED) is 0.714. The Morgan fingerprint density at radius 2 is 1.96 bits per heavy atom. The van der Waals surface area contributed by atoms with E-state index in [9.17, 15) is 5.11 Å². The second-order valence-corrected chi connectivity index (χ2v) is 6.44. The van der Waals surface area contributed by atoms with E-state index < -0.39 is 5.60 Å². The van der Waals surface area contributed by atoms with Crippen molar-refractivity contribution < 1.29 is 5.11 Å². The van der Waals surface area contributed by atoms with E-state index in [0.717, 1.165) is 22.5 Å². The van der Waals surface area contributed by atoms with Crippen molar-refractivity contribution in [1.29, 1.82) is 0 Å². The zero-order chi connectivity index (χ0) is 17.0. The molecular weight excluding hydrogens is 318 g/mol. The highest BCUT2D eigenvalue weighted by Gasteiger charge is 2.22. The van der Waals surface area contributed by atoms with E-state index in [0.29, 0.717) is 5.01 Å². The van der Waals surface area contributed by atoms with E-state index in [1.807, 2.05) is 42.6 Å². The number of hydrogen-bond donors (Lipinski definition) is 2. The monoisotopic (exact) mass is 335 g/mol. The number of nitrogens with zero attached hydrogens (tertiary/aromatic N) is 2. The van der Waals surface area contributed by atoms with Crippen LogP contribution in [0.4, 0.5) is 11.4 Å². The molecule has 0 radical (unpaired) electrons. The van der Waals surface area contributed by atoms with Crippen LogP contribution in [-0.2, 0) is 5.60 Å². The summed E-state index contributed by atoms with van der Waals surface area (Å²) in [7, 11) is 0. The van der Waals surface area contributed by atoms with E-state index in [2.05, 4.69) is 27.1 Å². The van der Waals surface area contributed by atoms with Gasteiger partial charge in [0.25, 0.3) is 0 Å². The van der Waals surface area contributed by atoms with Crippen molar-refractivity contribution in [2.75, 3.05) is 5.32 Å². The molecule has 2 N–H and O–H groups in total. The first kappa shape index (κ1) is 16.2. The Bertz CT molecular complexity index is 878. The van der Waals surface area contributed by atoms with Crippen LogP contribution in [0, 0.1) is 18.8 Å². The number of pyridine rings is 1. The number of benzene rings is 1. The summed E-state index contributed by atoms with van der Waals surface area (Å²) >= 11 is 1.39. The van der Waals surface area contributed by atoms with Gasteiger partial charge >= 0.3 is 0 Å². The van der Waals surface area contributed by atoms with Gasteiger partial charge < -0.3 is 10.4 Å². The van der Waals surface area contributed by atoms with Crippen molar-refractivity contribution in [3.63, 3.8) is 0 Å². The van der Waals surface area contributed by atoms with Crippen molar-refractivity contribution >= 4 is 22.7 Å². The molecule has 0 aliphatic carbocycles. The highest BCUT2D eigenvalue weighted by molar-refractivity contribution is 7.09. The topological polar surface area (TPSA) is 58.0 Å². The molecule has 3 aromatic rings. The number of rotatable bonds is 3. The van der Waals surface area contributed by atoms with E-state index in [4.69, 9.17) is 0 Å². The van der Waals surface area contributed by atoms with Crippen molar-refractivity contribution in [2.24, 2.45) is 0 Å². The van der Waals surface area contributed by atoms with Gasteiger partial charge in [-0.3, -0.25) is 4.98 Å². The van der Waals surface area contributed by atoms with Crippen LogP contribution < -0.4 is 5.32 Å². The van der Waals surface area contributed by atoms with Crippen LogP contribution in [0.25, 0.3) is 0 Å². The Morgan fingerprint density at radius 1 is 1.17 bits per heavy atom. The zero-order valence-electron chi connectivity index (χ0n) is 13.4. The number of aryl methyl sites for hydroxylation is 1. The maximum atomic E-state index is 10.4. The number of anilines is 2. The lowest BCUT2D eigenvalue weighted by Crippen LogP contribution is -2.17. The third-order valence-electron chi connectivity index (χ3n) is 3.50. The second kappa shape index (κ2) is 6.83. The summed E-state index contributed by atoms with van der Waals surface area (Å²) in [5.74, 6) is 5.94. The molecule has 0 fully saturated rings. The molecule has 1 unspecified atom stereocenters. The van der Waals surface area contributed by atoms with Crippen molar-refractivity contribution in [2.45, 2.75) is 19.4 Å². The summed E-state index contributed by atoms with van der Waals surface area (Å²) in [4.78, 5) is 8.15. The van der Waals surface area contributed by atoms with E-state index in [1.165, 1.54) is 11.3 Å². The van der Waals surface area contributed by atoms with Crippen LogP contribution in [0.5, 0.6) is 0 Å². The third kappa shape index (κ3) is 3.80. The lowest BCUT2D eigenvalue weighted by Gasteiger charge is -2.12. The molecule has 1 atom stereocenters. The lowest BCUT2D eigenvalue weighted by atomic mass is 10.1. The molecule has 4 nitrogen and oxygen atoms in total. The molecule has 0 saturated heterocycles. The molecule has 0 amide bonds. The van der Waals surface area contributed by atoms with Gasteiger partial charge in [-0.2, -0.15) is 0 Å². The van der Waals surface area contributed by atoms with E-state index in [1.54, 1.807) is 25.5 Å². The molecule has 24 heavy (non-hydrogen) atoms. The Hall–Kier alpha value is -2.68. The predicted octanol–water partition coefficient (Wildman–Crippen LogP) is 3.85. The van der Waals surface area contributed by atoms with Crippen LogP contribution >= 0.6 is 11.3 Å². The van der Waals surface area contributed by atoms with Gasteiger partial charge in [-0.05, 0) is 43.7 Å². The third-order valence-corrected chi connectivity index (χ3v) is 4.48. The van der Waals surface area contributed by atoms with E-state index >= 15 is 0 Å². The molecule has 0 aliphatic heterocycles. The zero-order valence-corrected chi connectivity index (χ0v) is 14.3. The Balaban J connectivity index is 1.86. The molecule has 5 heteroatoms. The van der Waals surface area contributed by atoms with E-state index in [-0.39, 0.29) is 0 Å². The normalized spacial score (nSPS) is 12.8. The lowest BCUT2D eigenvalue weighted by molar-refractivity contribution is 0.122. The van der Waals surface area contributed by atoms with Crippen LogP contribution in [0.3, 0.4) is 0 Å². The van der Waals surface area contributed by atoms with Crippen molar-refractivity contribution in [3.8, 4) is 11.8 Å². The highest BCUT2D eigenvalue weighted by Crippen LogP contribution is 2.23. The summed E-state index contributed by atoms with van der Waals surface area (Å²) in [6.45, 7) is 3.69. The summed E-state index contributed by atoms with van der Waals surface area (Å²) in [6, 6.07) is 9.74. The van der Waals surface area contributed by atoms with Gasteiger partial charge in [0, 0.05) is 40.9 Å². The molecule has 0 bridgehead atoms. The summed E-state index contributed by atoms with van der Waals surface area (Å²) in [5, 5.41) is 16.2. The molecule has 0 aliphatic rings. The van der Waals surface area contributed by atoms with Gasteiger partial charge in [-0.1, -0.05) is 17.9 Å². The average Bonchev–Trinajstić information content (AvgIpc) is 3.12. The number of aromatic nitrogens is 2. The SMILES string of the molecule is Cc1ccc(C#CC(C)(O)c2nccs2)cc1Nc1ccncc1. The Morgan fingerprint density at radius 3 is 2.67 bits per heavy atom. The van der Waals surface area contributed by atoms with Gasteiger partial charge in [0.1, 0.15) is 5.01 Å². The molecule has 0 spiro atoms. The molecular formula is C19H17N3OS. The minimum Gasteiger partial charge on any atom is -0.371 e. The number of thiazole rings is 1. The maximum absolute atomic E-state index is 10.4. The number of nitrogens with one attached hydrogen (secondary N) is 1. The summed E-state index contributed by atoms with van der Waals surface area (Å²) in [5.41, 5.74) is 2.63. The van der Waals surface area contributed by atoms with Gasteiger partial charge in [0.15, 0.2) is 5.60 Å². The van der Waals surface area contributed by atoms with Crippen LogP contribution in [-0.4, -0.2) is 15.1 Å². The Kier molecular flexibility index (Phi) is 4.61. The van der Waals surface area contributed by atoms with Crippen LogP contribution in [0.15, 0.2) is 54.3 Å². The van der Waals surface area contributed by atoms with Crippen molar-refractivity contribution in [3.05, 3.63) is 70.4 Å². The van der Waals surface area contributed by atoms with Crippen LogP contribution in [0.1, 0.15) is 23.1 Å². The highest BCUT2D eigenvalue weighted by atomic mass is 32.1. The van der Waals surface area contributed by atoms with Gasteiger partial charge in [0.2, 0.25) is 0 Å². The maximum Gasteiger partial charge on any atom is 0.174 e. The predicted molar refractivity (Wildman–Crippen MR) is 97.3 cm³/mol. The average molecular weight is 335 g/mol. The van der Waals surface area contributed by atoms with Gasteiger partial charge in [0.05, 0.1) is 0 Å². The van der Waals surface area contributed by atoms with Crippen molar-refractivity contribution in [1.82, 2.24) is 9.97 Å².